The van der Waals surface area contributed by atoms with Crippen LogP contribution in [-0.2, 0) is 19.1 Å². The minimum Gasteiger partial charge on any atom is -0.469 e. The number of aliphatic hydroxyl groups is 1. The third-order valence-electron chi connectivity index (χ3n) is 5.07. The molecule has 0 saturated carbocycles. The van der Waals surface area contributed by atoms with Crippen molar-refractivity contribution >= 4 is 39.8 Å². The molecule has 2 aromatic heterocycles. The fraction of sp³-hybridized carbons (Fsp3) is 0.393. The van der Waals surface area contributed by atoms with Crippen LogP contribution in [0.3, 0.4) is 0 Å². The minimum atomic E-state index is -0.895. The fourth-order valence-corrected chi connectivity index (χ4v) is 3.48. The molecule has 0 fully saturated rings. The molecule has 0 aliphatic rings. The molecule has 0 aliphatic carbocycles. The molecule has 0 spiro atoms. The molecule has 0 amide bonds. The third-order valence-corrected chi connectivity index (χ3v) is 5.07. The van der Waals surface area contributed by atoms with E-state index < -0.39 is 18.0 Å². The standard InChI is InChI=1S/C12H14N2O3.C12H12N2O3.2C2H6/c2*1-7-13-9-5-3-4-8(12(9)14-7)10(15)6-11(16)17-2;2*1-2/h3-5,10,15H,6H2,1-2H3,(H,13,14);3-5H,6H2,1-2H3,(H,13,14);2*1-2H3. The topological polar surface area (TPSA) is 147 Å². The molecule has 2 aromatic carbocycles. The van der Waals surface area contributed by atoms with Crippen LogP contribution in [0.25, 0.3) is 22.1 Å². The number of para-hydroxylation sites is 2. The predicted molar refractivity (Wildman–Crippen MR) is 147 cm³/mol. The van der Waals surface area contributed by atoms with Crippen LogP contribution in [0.4, 0.5) is 0 Å². The van der Waals surface area contributed by atoms with Crippen molar-refractivity contribution in [1.29, 1.82) is 0 Å². The summed E-state index contributed by atoms with van der Waals surface area (Å²) in [6.45, 7) is 11.7. The van der Waals surface area contributed by atoms with E-state index in [0.29, 0.717) is 22.2 Å². The number of hydrogen-bond donors (Lipinski definition) is 3. The summed E-state index contributed by atoms with van der Waals surface area (Å²) >= 11 is 0. The summed E-state index contributed by atoms with van der Waals surface area (Å²) in [6, 6.07) is 10.7. The van der Waals surface area contributed by atoms with Crippen molar-refractivity contribution in [2.75, 3.05) is 14.2 Å². The zero-order valence-electron chi connectivity index (χ0n) is 23.3. The lowest BCUT2D eigenvalue weighted by molar-refractivity contribution is -0.143. The monoisotopic (exact) mass is 526 g/mol. The Hall–Kier alpha value is -4.05. The first kappa shape index (κ1) is 32.0. The molecule has 2 heterocycles. The summed E-state index contributed by atoms with van der Waals surface area (Å²) in [7, 11) is 2.56. The Morgan fingerprint density at radius 2 is 1.32 bits per heavy atom. The Kier molecular flexibility index (Phi) is 13.4. The van der Waals surface area contributed by atoms with Gasteiger partial charge in [-0.2, -0.15) is 0 Å². The molecule has 10 heteroatoms. The number of hydrogen-bond acceptors (Lipinski definition) is 8. The molecule has 1 unspecified atom stereocenters. The van der Waals surface area contributed by atoms with E-state index >= 15 is 0 Å². The summed E-state index contributed by atoms with van der Waals surface area (Å²) < 4.78 is 9.00. The number of carbonyl (C=O) groups excluding carboxylic acids is 3. The number of fused-ring (bicyclic) bond motifs is 2. The van der Waals surface area contributed by atoms with Crippen molar-refractivity contribution in [2.45, 2.75) is 60.5 Å². The molecule has 206 valence electrons. The molecule has 0 bridgehead atoms. The Labute approximate surface area is 222 Å². The molecule has 3 N–H and O–H groups in total. The Morgan fingerprint density at radius 1 is 0.816 bits per heavy atom. The van der Waals surface area contributed by atoms with Crippen molar-refractivity contribution < 1.29 is 29.0 Å². The van der Waals surface area contributed by atoms with Crippen LogP contribution in [0, 0.1) is 13.8 Å². The zero-order valence-corrected chi connectivity index (χ0v) is 23.3. The van der Waals surface area contributed by atoms with Gasteiger partial charge in [-0.3, -0.25) is 14.4 Å². The number of benzene rings is 2. The summed E-state index contributed by atoms with van der Waals surface area (Å²) in [6.07, 6.45) is -1.22. The highest BCUT2D eigenvalue weighted by Gasteiger charge is 2.18. The summed E-state index contributed by atoms with van der Waals surface area (Å²) in [5.74, 6) is 0.242. The van der Waals surface area contributed by atoms with E-state index in [-0.39, 0.29) is 18.6 Å². The highest BCUT2D eigenvalue weighted by atomic mass is 16.5. The van der Waals surface area contributed by atoms with E-state index in [9.17, 15) is 19.5 Å². The van der Waals surface area contributed by atoms with Gasteiger partial charge in [-0.25, -0.2) is 9.97 Å². The van der Waals surface area contributed by atoms with Gasteiger partial charge in [-0.05, 0) is 32.0 Å². The molecule has 4 aromatic rings. The molecule has 38 heavy (non-hydrogen) atoms. The molecule has 4 rings (SSSR count). The van der Waals surface area contributed by atoms with Gasteiger partial charge in [0, 0.05) is 11.1 Å². The van der Waals surface area contributed by atoms with Gasteiger partial charge >= 0.3 is 11.9 Å². The second kappa shape index (κ2) is 15.9. The van der Waals surface area contributed by atoms with Crippen LogP contribution < -0.4 is 0 Å². The summed E-state index contributed by atoms with van der Waals surface area (Å²) in [4.78, 5) is 48.7. The van der Waals surface area contributed by atoms with Crippen LogP contribution in [0.15, 0.2) is 36.4 Å². The second-order valence-electron chi connectivity index (χ2n) is 7.56. The number of rotatable bonds is 6. The van der Waals surface area contributed by atoms with Crippen molar-refractivity contribution in [3.63, 3.8) is 0 Å². The van der Waals surface area contributed by atoms with Gasteiger partial charge in [0.05, 0.1) is 48.8 Å². The average molecular weight is 527 g/mol. The lowest BCUT2D eigenvalue weighted by atomic mass is 10.1. The van der Waals surface area contributed by atoms with Crippen LogP contribution in [0.2, 0.25) is 0 Å². The minimum absolute atomic E-state index is 0.0679. The van der Waals surface area contributed by atoms with Gasteiger partial charge in [0.25, 0.3) is 0 Å². The first-order valence-electron chi connectivity index (χ1n) is 12.5. The number of nitrogens with zero attached hydrogens (tertiary/aromatic N) is 2. The highest BCUT2D eigenvalue weighted by Crippen LogP contribution is 2.25. The van der Waals surface area contributed by atoms with Crippen molar-refractivity contribution in [2.24, 2.45) is 0 Å². The Balaban J connectivity index is 0.000000336. The van der Waals surface area contributed by atoms with E-state index in [2.05, 4.69) is 29.4 Å². The normalized spacial score (nSPS) is 10.7. The van der Waals surface area contributed by atoms with E-state index in [0.717, 1.165) is 22.7 Å². The lowest BCUT2D eigenvalue weighted by Crippen LogP contribution is -2.09. The van der Waals surface area contributed by atoms with Gasteiger partial charge in [0.15, 0.2) is 5.78 Å². The van der Waals surface area contributed by atoms with E-state index in [1.165, 1.54) is 14.2 Å². The number of carbonyl (C=O) groups is 3. The smallest absolute Gasteiger partial charge is 0.313 e. The average Bonchev–Trinajstić information content (AvgIpc) is 3.51. The van der Waals surface area contributed by atoms with E-state index in [4.69, 9.17) is 0 Å². The van der Waals surface area contributed by atoms with Crippen molar-refractivity contribution in [3.8, 4) is 0 Å². The number of aryl methyl sites for hydroxylation is 2. The zero-order chi connectivity index (χ0) is 28.8. The lowest BCUT2D eigenvalue weighted by Gasteiger charge is -2.09. The number of aromatic amines is 2. The second-order valence-corrected chi connectivity index (χ2v) is 7.56. The van der Waals surface area contributed by atoms with Crippen LogP contribution in [-0.4, -0.2) is 57.0 Å². The van der Waals surface area contributed by atoms with Crippen LogP contribution >= 0.6 is 0 Å². The molecular formula is C28H38N4O6. The van der Waals surface area contributed by atoms with Gasteiger partial charge in [0.1, 0.15) is 18.1 Å². The number of ketones is 1. The number of methoxy groups -OCH3 is 2. The Bertz CT molecular complexity index is 1340. The van der Waals surface area contributed by atoms with Crippen molar-refractivity contribution in [1.82, 2.24) is 19.9 Å². The largest absolute Gasteiger partial charge is 0.469 e. The van der Waals surface area contributed by atoms with Crippen LogP contribution in [0.5, 0.6) is 0 Å². The predicted octanol–water partition coefficient (Wildman–Crippen LogP) is 5.14. The van der Waals surface area contributed by atoms with E-state index in [1.807, 2.05) is 59.7 Å². The van der Waals surface area contributed by atoms with E-state index in [1.54, 1.807) is 18.2 Å². The molecule has 0 aliphatic heterocycles. The maximum Gasteiger partial charge on any atom is 0.313 e. The maximum absolute atomic E-state index is 11.9. The summed E-state index contributed by atoms with van der Waals surface area (Å²) in [5, 5.41) is 9.97. The van der Waals surface area contributed by atoms with Crippen molar-refractivity contribution in [3.05, 3.63) is 59.2 Å². The number of aliphatic hydroxyl groups excluding tert-OH is 1. The quantitative estimate of drug-likeness (QED) is 0.178. The first-order chi connectivity index (χ1) is 18.2. The number of aromatic nitrogens is 4. The van der Waals surface area contributed by atoms with Crippen LogP contribution in [0.1, 0.15) is 74.2 Å². The highest BCUT2D eigenvalue weighted by molar-refractivity contribution is 6.12. The molecular weight excluding hydrogens is 488 g/mol. The van der Waals surface area contributed by atoms with Gasteiger partial charge in [-0.15, -0.1) is 0 Å². The SMILES string of the molecule is CC.CC.COC(=O)CC(=O)c1cccc2[nH]c(C)nc12.COC(=O)CC(O)c1cccc2[nH]c(C)nc12. The number of ether oxygens (including phenoxy) is 2. The first-order valence-corrected chi connectivity index (χ1v) is 12.5. The molecule has 10 nitrogen and oxygen atoms in total. The number of esters is 2. The maximum atomic E-state index is 11.9. The van der Waals surface area contributed by atoms with Gasteiger partial charge in [0.2, 0.25) is 0 Å². The summed E-state index contributed by atoms with van der Waals surface area (Å²) in [5.41, 5.74) is 4.01. The van der Waals surface area contributed by atoms with Gasteiger partial charge in [-0.1, -0.05) is 45.9 Å². The number of imidazole rings is 2. The number of H-pyrrole nitrogens is 2. The number of nitrogens with one attached hydrogen (secondary N) is 2. The molecule has 0 saturated heterocycles. The molecule has 1 atom stereocenters. The molecule has 0 radical (unpaired) electrons. The Morgan fingerprint density at radius 3 is 1.87 bits per heavy atom. The number of Topliss-reactive ketones (excluding diaryl/α,β-unsaturated/α-hetero) is 1. The third kappa shape index (κ3) is 8.52. The fourth-order valence-electron chi connectivity index (χ4n) is 3.48. The van der Waals surface area contributed by atoms with Gasteiger partial charge < -0.3 is 24.5 Å².